The van der Waals surface area contributed by atoms with Crippen LogP contribution in [-0.4, -0.2) is 72.1 Å². The summed E-state index contributed by atoms with van der Waals surface area (Å²) in [4.78, 5) is 30.6. The van der Waals surface area contributed by atoms with E-state index in [1.165, 1.54) is 10.6 Å². The Hall–Kier alpha value is -3.35. The molecule has 0 bridgehead atoms. The minimum absolute atomic E-state index is 0.215. The van der Waals surface area contributed by atoms with Crippen LogP contribution in [-0.2, 0) is 26.1 Å². The smallest absolute Gasteiger partial charge is 0.230 e. The predicted octanol–water partition coefficient (Wildman–Crippen LogP) is 1.65. The van der Waals surface area contributed by atoms with Crippen LogP contribution in [0.25, 0.3) is 11.3 Å². The number of carbonyl (C=O) groups excluding carboxylic acids is 1. The van der Waals surface area contributed by atoms with Crippen molar-refractivity contribution in [2.24, 2.45) is 0 Å². The molecule has 12 heteroatoms. The van der Waals surface area contributed by atoms with Gasteiger partial charge in [-0.05, 0) is 49.6 Å². The predicted molar refractivity (Wildman–Crippen MR) is 129 cm³/mol. The summed E-state index contributed by atoms with van der Waals surface area (Å²) in [7, 11) is -3.58. The maximum absolute atomic E-state index is 13.1. The first-order valence-electron chi connectivity index (χ1n) is 11.4. The average Bonchev–Trinajstić information content (AvgIpc) is 3.43. The van der Waals surface area contributed by atoms with Crippen molar-refractivity contribution in [3.63, 3.8) is 0 Å². The fraction of sp³-hybridized carbons (Fsp3) is 0.391. The van der Waals surface area contributed by atoms with Gasteiger partial charge in [0.2, 0.25) is 16.4 Å². The van der Waals surface area contributed by atoms with Gasteiger partial charge in [0.05, 0.1) is 12.0 Å². The van der Waals surface area contributed by atoms with Gasteiger partial charge in [0.1, 0.15) is 24.0 Å². The highest BCUT2D eigenvalue weighted by Crippen LogP contribution is 2.22. The molecular formula is C23H28N6O5S. The molecule has 1 aliphatic heterocycles. The van der Waals surface area contributed by atoms with Crippen molar-refractivity contribution >= 4 is 22.3 Å². The second-order valence-electron chi connectivity index (χ2n) is 8.12. The number of hydroxylamine groups is 1. The third-order valence-electron chi connectivity index (χ3n) is 5.79. The van der Waals surface area contributed by atoms with Crippen molar-refractivity contribution in [1.29, 1.82) is 0 Å². The molecule has 186 valence electrons. The molecule has 11 nitrogen and oxygen atoms in total. The molecule has 1 aliphatic rings. The topological polar surface area (TPSA) is 131 Å². The van der Waals surface area contributed by atoms with Crippen LogP contribution in [0.4, 0.5) is 5.82 Å². The number of nitrogens with one attached hydrogen (secondary N) is 1. The lowest BCUT2D eigenvalue weighted by Gasteiger charge is -2.35. The van der Waals surface area contributed by atoms with Gasteiger partial charge >= 0.3 is 0 Å². The van der Waals surface area contributed by atoms with Crippen LogP contribution in [0.2, 0.25) is 0 Å². The lowest BCUT2D eigenvalue weighted by atomic mass is 10.1. The fourth-order valence-corrected chi connectivity index (χ4v) is 5.61. The fourth-order valence-electron chi connectivity index (χ4n) is 3.97. The molecule has 3 aromatic rings. The van der Waals surface area contributed by atoms with Gasteiger partial charge in [0, 0.05) is 49.8 Å². The number of piperazine rings is 1. The molecule has 1 N–H and O–H groups in total. The molecule has 1 fully saturated rings. The van der Waals surface area contributed by atoms with Gasteiger partial charge in [-0.25, -0.2) is 28.8 Å². The van der Waals surface area contributed by atoms with Crippen molar-refractivity contribution in [2.45, 2.75) is 25.4 Å². The SMILES string of the molecule is O=CNOC(CCCc1ccncn1)CS(=O)(=O)N1CCN(c2ccc(-c3ccco3)cn2)CC1. The summed E-state index contributed by atoms with van der Waals surface area (Å²) in [5, 5.41) is 0. The number of hydrogen-bond acceptors (Lipinski definition) is 9. The lowest BCUT2D eigenvalue weighted by Crippen LogP contribution is -2.50. The number of hydrogen-bond donors (Lipinski definition) is 1. The second kappa shape index (κ2) is 11.9. The minimum Gasteiger partial charge on any atom is -0.464 e. The molecule has 0 radical (unpaired) electrons. The Morgan fingerprint density at radius 1 is 1.14 bits per heavy atom. The van der Waals surface area contributed by atoms with E-state index in [1.54, 1.807) is 18.7 Å². The molecule has 1 saturated heterocycles. The zero-order chi connectivity index (χ0) is 24.5. The van der Waals surface area contributed by atoms with E-state index in [9.17, 15) is 13.2 Å². The third-order valence-corrected chi connectivity index (χ3v) is 7.74. The van der Waals surface area contributed by atoms with Crippen molar-refractivity contribution in [2.75, 3.05) is 36.8 Å². The maximum Gasteiger partial charge on any atom is 0.230 e. The lowest BCUT2D eigenvalue weighted by molar-refractivity contribution is -0.124. The monoisotopic (exact) mass is 500 g/mol. The van der Waals surface area contributed by atoms with E-state index in [1.807, 2.05) is 30.3 Å². The number of anilines is 1. The Morgan fingerprint density at radius 3 is 2.66 bits per heavy atom. The van der Waals surface area contributed by atoms with Gasteiger partial charge in [0.15, 0.2) is 0 Å². The standard InChI is InChI=1S/C23H28N6O5S/c30-18-27-34-21(4-1-3-20-8-9-24-17-26-20)16-35(31,32)29-12-10-28(11-13-29)23-7-6-19(15-25-23)22-5-2-14-33-22/h2,5-9,14-15,17-18,21H,1,3-4,10-13,16H2,(H,27,30). The van der Waals surface area contributed by atoms with E-state index < -0.39 is 16.1 Å². The second-order valence-corrected chi connectivity index (χ2v) is 10.1. The Kier molecular flexibility index (Phi) is 8.40. The first-order valence-corrected chi connectivity index (χ1v) is 13.0. The Balaban J connectivity index is 1.30. The normalized spacial score (nSPS) is 15.6. The molecule has 1 amide bonds. The largest absolute Gasteiger partial charge is 0.464 e. The van der Waals surface area contributed by atoms with Gasteiger partial charge in [-0.1, -0.05) is 0 Å². The van der Waals surface area contributed by atoms with E-state index in [4.69, 9.17) is 9.25 Å². The quantitative estimate of drug-likeness (QED) is 0.291. The van der Waals surface area contributed by atoms with Gasteiger partial charge in [0.25, 0.3) is 0 Å². The van der Waals surface area contributed by atoms with Crippen LogP contribution in [0.5, 0.6) is 0 Å². The highest BCUT2D eigenvalue weighted by Gasteiger charge is 2.30. The zero-order valence-electron chi connectivity index (χ0n) is 19.2. The number of nitrogens with zero attached hydrogens (tertiary/aromatic N) is 5. The van der Waals surface area contributed by atoms with Crippen molar-refractivity contribution in [3.05, 3.63) is 61.0 Å². The number of aromatic nitrogens is 3. The average molecular weight is 501 g/mol. The van der Waals surface area contributed by atoms with Crippen molar-refractivity contribution in [3.8, 4) is 11.3 Å². The molecule has 0 saturated carbocycles. The van der Waals surface area contributed by atoms with E-state index in [0.717, 1.165) is 22.8 Å². The molecule has 0 aliphatic carbocycles. The first kappa shape index (κ1) is 24.8. The number of rotatable bonds is 12. The molecule has 0 aromatic carbocycles. The molecule has 0 spiro atoms. The molecule has 4 rings (SSSR count). The van der Waals surface area contributed by atoms with Crippen LogP contribution in [0.1, 0.15) is 18.5 Å². The van der Waals surface area contributed by atoms with E-state index in [2.05, 4.69) is 25.3 Å². The summed E-state index contributed by atoms with van der Waals surface area (Å²) < 4.78 is 33.0. The number of aryl methyl sites for hydroxylation is 1. The van der Waals surface area contributed by atoms with Gasteiger partial charge < -0.3 is 9.32 Å². The van der Waals surface area contributed by atoms with Crippen molar-refractivity contribution in [1.82, 2.24) is 24.7 Å². The summed E-state index contributed by atoms with van der Waals surface area (Å²) in [6, 6.07) is 9.36. The van der Waals surface area contributed by atoms with Crippen LogP contribution in [0, 0.1) is 0 Å². The highest BCUT2D eigenvalue weighted by molar-refractivity contribution is 7.89. The number of carbonyl (C=O) groups is 1. The molecule has 4 heterocycles. The minimum atomic E-state index is -3.58. The van der Waals surface area contributed by atoms with Gasteiger partial charge in [-0.3, -0.25) is 9.63 Å². The maximum atomic E-state index is 13.1. The number of sulfonamides is 1. The Labute approximate surface area is 204 Å². The van der Waals surface area contributed by atoms with Crippen LogP contribution >= 0.6 is 0 Å². The number of pyridine rings is 1. The van der Waals surface area contributed by atoms with Gasteiger partial charge in [-0.2, -0.15) is 4.31 Å². The summed E-state index contributed by atoms with van der Waals surface area (Å²) in [6.45, 7) is 1.74. The Morgan fingerprint density at radius 2 is 2.00 bits per heavy atom. The highest BCUT2D eigenvalue weighted by atomic mass is 32.2. The molecule has 3 aromatic heterocycles. The van der Waals surface area contributed by atoms with E-state index in [-0.39, 0.29) is 5.75 Å². The summed E-state index contributed by atoms with van der Waals surface area (Å²) >= 11 is 0. The molecule has 1 unspecified atom stereocenters. The third kappa shape index (κ3) is 6.84. The van der Waals surface area contributed by atoms with Gasteiger partial charge in [-0.15, -0.1) is 0 Å². The summed E-state index contributed by atoms with van der Waals surface area (Å²) in [5.74, 6) is 1.32. The number of amides is 1. The number of furan rings is 1. The summed E-state index contributed by atoms with van der Waals surface area (Å²) in [5.41, 5.74) is 3.90. The van der Waals surface area contributed by atoms with E-state index >= 15 is 0 Å². The Bertz CT molecular complexity index is 1150. The van der Waals surface area contributed by atoms with Crippen LogP contribution < -0.4 is 10.4 Å². The zero-order valence-corrected chi connectivity index (χ0v) is 20.0. The molecule has 35 heavy (non-hydrogen) atoms. The molecule has 1 atom stereocenters. The van der Waals surface area contributed by atoms with Crippen molar-refractivity contribution < 1.29 is 22.5 Å². The first-order chi connectivity index (χ1) is 17.0. The van der Waals surface area contributed by atoms with E-state index in [0.29, 0.717) is 51.9 Å². The summed E-state index contributed by atoms with van der Waals surface area (Å²) in [6.07, 6.45) is 8.01. The van der Waals surface area contributed by atoms with Crippen LogP contribution in [0.3, 0.4) is 0 Å². The van der Waals surface area contributed by atoms with Crippen LogP contribution in [0.15, 0.2) is 59.7 Å². The molecular weight excluding hydrogens is 472 g/mol.